The average Bonchev–Trinajstić information content (AvgIpc) is 2.73. The molecule has 1 heterocycles. The first-order valence-electron chi connectivity index (χ1n) is 5.26. The first-order valence-corrected chi connectivity index (χ1v) is 7.54. The van der Waals surface area contributed by atoms with E-state index in [4.69, 9.17) is 5.73 Å². The van der Waals surface area contributed by atoms with Crippen LogP contribution < -0.4 is 11.1 Å². The summed E-state index contributed by atoms with van der Waals surface area (Å²) in [4.78, 5) is 12.1. The van der Waals surface area contributed by atoms with Crippen LogP contribution in [0.15, 0.2) is 11.4 Å². The van der Waals surface area contributed by atoms with Crippen LogP contribution >= 0.6 is 23.1 Å². The van der Waals surface area contributed by atoms with Gasteiger partial charge in [0.25, 0.3) is 0 Å². The molecule has 0 fully saturated rings. The Morgan fingerprint density at radius 1 is 1.69 bits per heavy atom. The molecule has 1 rings (SSSR count). The lowest BCUT2D eigenvalue weighted by atomic mass is 10.2. The van der Waals surface area contributed by atoms with Crippen molar-refractivity contribution in [2.24, 2.45) is 5.73 Å². The second kappa shape index (κ2) is 6.93. The Morgan fingerprint density at radius 3 is 2.94 bits per heavy atom. The Bertz CT molecular complexity index is 338. The fraction of sp³-hybridized carbons (Fsp3) is 0.545. The van der Waals surface area contributed by atoms with E-state index in [0.29, 0.717) is 11.6 Å². The minimum Gasteiger partial charge on any atom is -0.366 e. The lowest BCUT2D eigenvalue weighted by molar-refractivity contribution is 0.100. The summed E-state index contributed by atoms with van der Waals surface area (Å²) in [5.74, 6) is 0.767. The number of primary amides is 1. The number of hydrogen-bond donors (Lipinski definition) is 2. The van der Waals surface area contributed by atoms with Crippen molar-refractivity contribution in [3.63, 3.8) is 0 Å². The van der Waals surface area contributed by atoms with E-state index in [9.17, 15) is 4.79 Å². The van der Waals surface area contributed by atoms with Crippen molar-refractivity contribution in [1.29, 1.82) is 0 Å². The van der Waals surface area contributed by atoms with Crippen molar-refractivity contribution in [3.8, 4) is 0 Å². The van der Waals surface area contributed by atoms with Gasteiger partial charge >= 0.3 is 0 Å². The van der Waals surface area contributed by atoms with Crippen molar-refractivity contribution in [2.75, 3.05) is 12.0 Å². The maximum absolute atomic E-state index is 10.9. The van der Waals surface area contributed by atoms with Crippen molar-refractivity contribution in [3.05, 3.63) is 21.9 Å². The molecule has 5 heteroatoms. The highest BCUT2D eigenvalue weighted by Gasteiger charge is 2.07. The van der Waals surface area contributed by atoms with Crippen LogP contribution in [-0.4, -0.2) is 24.0 Å². The number of thioether (sulfide) groups is 1. The molecular formula is C11H18N2OS2. The highest BCUT2D eigenvalue weighted by atomic mass is 32.2. The minimum atomic E-state index is -0.348. The first-order chi connectivity index (χ1) is 7.67. The van der Waals surface area contributed by atoms with Crippen LogP contribution in [0.3, 0.4) is 0 Å². The largest absolute Gasteiger partial charge is 0.366 e. The van der Waals surface area contributed by atoms with E-state index in [1.165, 1.54) is 0 Å². The molecule has 3 nitrogen and oxygen atoms in total. The van der Waals surface area contributed by atoms with Gasteiger partial charge in [0.15, 0.2) is 0 Å². The molecule has 1 aromatic rings. The molecule has 16 heavy (non-hydrogen) atoms. The Hall–Kier alpha value is -0.520. The van der Waals surface area contributed by atoms with Gasteiger partial charge < -0.3 is 11.1 Å². The normalized spacial score (nSPS) is 12.6. The SMILES string of the molecule is CCC(CSC)NCc1cc(C(N)=O)cs1. The molecule has 0 saturated carbocycles. The van der Waals surface area contributed by atoms with E-state index in [0.717, 1.165) is 23.6 Å². The third-order valence-corrected chi connectivity index (χ3v) is 4.04. The molecule has 0 bridgehead atoms. The zero-order valence-corrected chi connectivity index (χ0v) is 11.3. The number of nitrogens with two attached hydrogens (primary N) is 1. The summed E-state index contributed by atoms with van der Waals surface area (Å²) in [5, 5.41) is 5.29. The van der Waals surface area contributed by atoms with Crippen molar-refractivity contribution < 1.29 is 4.79 Å². The van der Waals surface area contributed by atoms with Gasteiger partial charge in [-0.05, 0) is 18.7 Å². The van der Waals surface area contributed by atoms with Gasteiger partial charge in [-0.3, -0.25) is 4.79 Å². The smallest absolute Gasteiger partial charge is 0.249 e. The molecule has 0 aliphatic heterocycles. The molecule has 1 atom stereocenters. The molecule has 0 radical (unpaired) electrons. The van der Waals surface area contributed by atoms with Gasteiger partial charge in [0.05, 0.1) is 5.56 Å². The standard InChI is InChI=1S/C11H18N2OS2/c1-3-9(7-15-2)13-5-10-4-8(6-16-10)11(12)14/h4,6,9,13H,3,5,7H2,1-2H3,(H2,12,14). The summed E-state index contributed by atoms with van der Waals surface area (Å²) in [5.41, 5.74) is 5.81. The molecule has 0 aliphatic carbocycles. The highest BCUT2D eigenvalue weighted by Crippen LogP contribution is 2.14. The predicted octanol–water partition coefficient (Wildman–Crippen LogP) is 2.08. The fourth-order valence-electron chi connectivity index (χ4n) is 1.37. The summed E-state index contributed by atoms with van der Waals surface area (Å²) in [6.07, 6.45) is 3.23. The topological polar surface area (TPSA) is 55.1 Å². The fourth-order valence-corrected chi connectivity index (χ4v) is 2.95. The van der Waals surface area contributed by atoms with Crippen LogP contribution in [0.4, 0.5) is 0 Å². The molecule has 3 N–H and O–H groups in total. The number of rotatable bonds is 7. The molecule has 0 aromatic carbocycles. The molecule has 0 aliphatic rings. The van der Waals surface area contributed by atoms with Crippen LogP contribution in [0.1, 0.15) is 28.6 Å². The van der Waals surface area contributed by atoms with Gasteiger partial charge in [-0.1, -0.05) is 6.92 Å². The van der Waals surface area contributed by atoms with Crippen LogP contribution in [0.2, 0.25) is 0 Å². The number of amides is 1. The molecule has 1 unspecified atom stereocenters. The zero-order valence-electron chi connectivity index (χ0n) is 9.66. The lowest BCUT2D eigenvalue weighted by Gasteiger charge is -2.14. The van der Waals surface area contributed by atoms with Gasteiger partial charge in [-0.15, -0.1) is 11.3 Å². The second-order valence-electron chi connectivity index (χ2n) is 3.61. The molecular weight excluding hydrogens is 240 g/mol. The number of nitrogens with one attached hydrogen (secondary N) is 1. The quantitative estimate of drug-likeness (QED) is 0.787. The van der Waals surface area contributed by atoms with Gasteiger partial charge in [0, 0.05) is 28.6 Å². The van der Waals surface area contributed by atoms with Crippen LogP contribution in [0, 0.1) is 0 Å². The van der Waals surface area contributed by atoms with Crippen molar-refractivity contribution >= 4 is 29.0 Å². The molecule has 90 valence electrons. The van der Waals surface area contributed by atoms with E-state index in [2.05, 4.69) is 18.5 Å². The first kappa shape index (κ1) is 13.5. The lowest BCUT2D eigenvalue weighted by Crippen LogP contribution is -2.29. The Labute approximate surface area is 105 Å². The maximum atomic E-state index is 10.9. The summed E-state index contributed by atoms with van der Waals surface area (Å²) in [6, 6.07) is 2.40. The van der Waals surface area contributed by atoms with E-state index < -0.39 is 0 Å². The number of hydrogen-bond acceptors (Lipinski definition) is 4. The summed E-state index contributed by atoms with van der Waals surface area (Å²) in [6.45, 7) is 2.99. The van der Waals surface area contributed by atoms with Crippen LogP contribution in [0.5, 0.6) is 0 Å². The van der Waals surface area contributed by atoms with Gasteiger partial charge in [0.2, 0.25) is 5.91 Å². The second-order valence-corrected chi connectivity index (χ2v) is 5.51. The number of carbonyl (C=O) groups excluding carboxylic acids is 1. The zero-order chi connectivity index (χ0) is 12.0. The molecule has 0 saturated heterocycles. The third kappa shape index (κ3) is 4.15. The van der Waals surface area contributed by atoms with Crippen molar-refractivity contribution in [1.82, 2.24) is 5.32 Å². The minimum absolute atomic E-state index is 0.348. The maximum Gasteiger partial charge on any atom is 0.249 e. The number of thiophene rings is 1. The van der Waals surface area contributed by atoms with E-state index >= 15 is 0 Å². The summed E-state index contributed by atoms with van der Waals surface area (Å²) in [7, 11) is 0. The van der Waals surface area contributed by atoms with Gasteiger partial charge in [-0.2, -0.15) is 11.8 Å². The summed E-state index contributed by atoms with van der Waals surface area (Å²) < 4.78 is 0. The Morgan fingerprint density at radius 2 is 2.44 bits per heavy atom. The number of carbonyl (C=O) groups is 1. The van der Waals surface area contributed by atoms with E-state index in [1.807, 2.05) is 23.2 Å². The van der Waals surface area contributed by atoms with Crippen LogP contribution in [-0.2, 0) is 6.54 Å². The molecule has 0 spiro atoms. The third-order valence-electron chi connectivity index (χ3n) is 2.36. The van der Waals surface area contributed by atoms with Crippen LogP contribution in [0.25, 0.3) is 0 Å². The Balaban J connectivity index is 2.44. The molecule has 1 amide bonds. The average molecular weight is 258 g/mol. The molecule has 1 aromatic heterocycles. The summed E-state index contributed by atoms with van der Waals surface area (Å²) >= 11 is 3.42. The van der Waals surface area contributed by atoms with Gasteiger partial charge in [0.1, 0.15) is 0 Å². The van der Waals surface area contributed by atoms with E-state index in [1.54, 1.807) is 11.3 Å². The highest BCUT2D eigenvalue weighted by molar-refractivity contribution is 7.98. The predicted molar refractivity (Wildman–Crippen MR) is 72.1 cm³/mol. The Kier molecular flexibility index (Phi) is 5.87. The van der Waals surface area contributed by atoms with Crippen molar-refractivity contribution in [2.45, 2.75) is 25.9 Å². The van der Waals surface area contributed by atoms with Gasteiger partial charge in [-0.25, -0.2) is 0 Å². The monoisotopic (exact) mass is 258 g/mol. The van der Waals surface area contributed by atoms with E-state index in [-0.39, 0.29) is 5.91 Å².